The second-order valence-electron chi connectivity index (χ2n) is 6.91. The number of nitro groups is 1. The summed E-state index contributed by atoms with van der Waals surface area (Å²) < 4.78 is 41.8. The zero-order valence-corrected chi connectivity index (χ0v) is 18.6. The summed E-state index contributed by atoms with van der Waals surface area (Å²) in [7, 11) is 0. The molecule has 3 aromatic rings. The van der Waals surface area contributed by atoms with Gasteiger partial charge in [0.05, 0.1) is 9.83 Å². The summed E-state index contributed by atoms with van der Waals surface area (Å²) in [5.41, 5.74) is -0.426. The van der Waals surface area contributed by atoms with Crippen LogP contribution in [-0.4, -0.2) is 25.5 Å². The number of benzene rings is 1. The number of thiazole rings is 1. The molecule has 1 fully saturated rings. The number of hydrogen-bond donors (Lipinski definition) is 1. The number of hydrogen-bond acceptors (Lipinski definition) is 7. The third-order valence-electron chi connectivity index (χ3n) is 4.76. The van der Waals surface area contributed by atoms with Crippen molar-refractivity contribution in [3.8, 4) is 5.69 Å². The Bertz CT molecular complexity index is 1330. The molecular weight excluding hydrogens is 479 g/mol. The molecule has 1 aromatic carbocycles. The molecule has 1 N–H and O–H groups in total. The van der Waals surface area contributed by atoms with Crippen molar-refractivity contribution < 1.29 is 22.9 Å². The number of nitrogens with zero attached hydrogens (tertiary/aromatic N) is 4. The van der Waals surface area contributed by atoms with Crippen molar-refractivity contribution in [2.45, 2.75) is 20.0 Å². The highest BCUT2D eigenvalue weighted by molar-refractivity contribution is 8.18. The Labute approximate surface area is 193 Å². The van der Waals surface area contributed by atoms with Gasteiger partial charge in [-0.05, 0) is 55.4 Å². The molecular formula is C20H14F3N5O3S2. The van der Waals surface area contributed by atoms with E-state index in [2.05, 4.69) is 15.3 Å². The molecule has 170 valence electrons. The number of aliphatic imine (C=N–C) groups is 1. The molecule has 4 rings (SSSR count). The molecule has 13 heteroatoms. The largest absolute Gasteiger partial charge is 0.423 e. The van der Waals surface area contributed by atoms with Crippen molar-refractivity contribution in [3.63, 3.8) is 0 Å². The summed E-state index contributed by atoms with van der Waals surface area (Å²) in [6.45, 7) is 3.39. The van der Waals surface area contributed by atoms with Gasteiger partial charge in [-0.25, -0.2) is 4.98 Å². The number of rotatable bonds is 4. The second-order valence-corrected chi connectivity index (χ2v) is 8.82. The average Bonchev–Trinajstić information content (AvgIpc) is 3.42. The lowest BCUT2D eigenvalue weighted by molar-refractivity contribution is -0.388. The molecule has 0 saturated carbocycles. The van der Waals surface area contributed by atoms with E-state index in [0.29, 0.717) is 32.2 Å². The zero-order valence-electron chi connectivity index (χ0n) is 17.0. The number of alkyl halides is 3. The van der Waals surface area contributed by atoms with Gasteiger partial charge in [0.1, 0.15) is 5.56 Å². The number of carbonyl (C=O) groups is 1. The lowest BCUT2D eigenvalue weighted by Crippen LogP contribution is -2.19. The minimum Gasteiger partial charge on any atom is -0.318 e. The number of halogens is 3. The third kappa shape index (κ3) is 4.54. The molecule has 1 aliphatic heterocycles. The first-order chi connectivity index (χ1) is 15.5. The number of amides is 1. The van der Waals surface area contributed by atoms with Crippen LogP contribution in [0.3, 0.4) is 0 Å². The van der Waals surface area contributed by atoms with Gasteiger partial charge >= 0.3 is 6.18 Å². The Hall–Kier alpha value is -3.45. The van der Waals surface area contributed by atoms with Crippen LogP contribution in [0, 0.1) is 24.0 Å². The van der Waals surface area contributed by atoms with E-state index in [1.165, 1.54) is 17.4 Å². The van der Waals surface area contributed by atoms with Crippen LogP contribution in [-0.2, 0) is 11.0 Å². The standard InChI is InChI=1S/C20H14F3N5O3S2/c1-10-7-12(8-16-17(29)25-19(33-16)26-18-24-5-6-32-18)11(2)27(10)13-3-4-15(28(30)31)14(9-13)20(21,22)23/h3-9H,1-2H3,(H,24,25,26,29)/b16-8-. The quantitative estimate of drug-likeness (QED) is 0.299. The van der Waals surface area contributed by atoms with Crippen LogP contribution in [0.2, 0.25) is 0 Å². The fraction of sp³-hybridized carbons (Fsp3) is 0.150. The molecule has 33 heavy (non-hydrogen) atoms. The molecule has 0 radical (unpaired) electrons. The smallest absolute Gasteiger partial charge is 0.318 e. The van der Waals surface area contributed by atoms with Crippen LogP contribution in [0.1, 0.15) is 22.5 Å². The van der Waals surface area contributed by atoms with Gasteiger partial charge < -0.3 is 9.88 Å². The Kier molecular flexibility index (Phi) is 5.84. The minimum absolute atomic E-state index is 0.127. The summed E-state index contributed by atoms with van der Waals surface area (Å²) in [4.78, 5) is 31.0. The summed E-state index contributed by atoms with van der Waals surface area (Å²) in [5.74, 6) is -0.352. The van der Waals surface area contributed by atoms with Crippen LogP contribution in [0.5, 0.6) is 0 Å². The van der Waals surface area contributed by atoms with E-state index in [4.69, 9.17) is 0 Å². The monoisotopic (exact) mass is 493 g/mol. The van der Waals surface area contributed by atoms with E-state index >= 15 is 0 Å². The van der Waals surface area contributed by atoms with Crippen molar-refractivity contribution in [3.05, 3.63) is 73.4 Å². The average molecular weight is 493 g/mol. The molecule has 3 heterocycles. The van der Waals surface area contributed by atoms with Gasteiger partial charge in [-0.2, -0.15) is 18.2 Å². The highest BCUT2D eigenvalue weighted by atomic mass is 32.2. The summed E-state index contributed by atoms with van der Waals surface area (Å²) in [6, 6.07) is 4.59. The van der Waals surface area contributed by atoms with Gasteiger partial charge in [0.15, 0.2) is 5.17 Å². The number of aromatic nitrogens is 2. The minimum atomic E-state index is -4.89. The number of carbonyl (C=O) groups excluding carboxylic acids is 1. The number of amidine groups is 1. The molecule has 8 nitrogen and oxygen atoms in total. The molecule has 1 amide bonds. The molecule has 0 unspecified atom stereocenters. The van der Waals surface area contributed by atoms with Crippen molar-refractivity contribution >= 4 is 51.1 Å². The van der Waals surface area contributed by atoms with Gasteiger partial charge in [-0.1, -0.05) is 0 Å². The number of aryl methyl sites for hydroxylation is 1. The first-order valence-corrected chi connectivity index (χ1v) is 11.0. The van der Waals surface area contributed by atoms with Crippen molar-refractivity contribution in [1.29, 1.82) is 0 Å². The highest BCUT2D eigenvalue weighted by Gasteiger charge is 2.38. The molecule has 1 saturated heterocycles. The molecule has 2 aromatic heterocycles. The van der Waals surface area contributed by atoms with Gasteiger partial charge in [0.2, 0.25) is 5.13 Å². The number of nitro benzene ring substituents is 1. The molecule has 0 aliphatic carbocycles. The van der Waals surface area contributed by atoms with Crippen LogP contribution in [0.4, 0.5) is 24.0 Å². The van der Waals surface area contributed by atoms with E-state index in [-0.39, 0.29) is 11.6 Å². The van der Waals surface area contributed by atoms with E-state index in [9.17, 15) is 28.1 Å². The van der Waals surface area contributed by atoms with Crippen molar-refractivity contribution in [2.24, 2.45) is 4.99 Å². The first kappa shape index (κ1) is 22.7. The lowest BCUT2D eigenvalue weighted by Gasteiger charge is -2.13. The van der Waals surface area contributed by atoms with E-state index in [0.717, 1.165) is 23.9 Å². The molecule has 0 spiro atoms. The van der Waals surface area contributed by atoms with E-state index in [1.54, 1.807) is 42.1 Å². The van der Waals surface area contributed by atoms with Crippen LogP contribution in [0.15, 0.2) is 45.7 Å². The summed E-state index contributed by atoms with van der Waals surface area (Å²) in [5, 5.41) is 16.3. The predicted octanol–water partition coefficient (Wildman–Crippen LogP) is 5.37. The zero-order chi connectivity index (χ0) is 23.9. The van der Waals surface area contributed by atoms with Gasteiger partial charge in [0.25, 0.3) is 11.6 Å². The fourth-order valence-electron chi connectivity index (χ4n) is 3.36. The molecule has 0 bridgehead atoms. The maximum atomic E-state index is 13.4. The number of nitrogens with one attached hydrogen (secondary N) is 1. The van der Waals surface area contributed by atoms with Crippen LogP contribution < -0.4 is 5.32 Å². The normalized spacial score (nSPS) is 16.6. The van der Waals surface area contributed by atoms with Gasteiger partial charge in [-0.3, -0.25) is 14.9 Å². The van der Waals surface area contributed by atoms with Gasteiger partial charge in [0, 0.05) is 34.7 Å². The van der Waals surface area contributed by atoms with Crippen molar-refractivity contribution in [2.75, 3.05) is 0 Å². The van der Waals surface area contributed by atoms with Crippen LogP contribution >= 0.6 is 23.1 Å². The summed E-state index contributed by atoms with van der Waals surface area (Å²) >= 11 is 2.45. The topological polar surface area (TPSA) is 102 Å². The Balaban J connectivity index is 1.71. The Morgan fingerprint density at radius 3 is 2.67 bits per heavy atom. The fourth-order valence-corrected chi connectivity index (χ4v) is 4.74. The maximum absolute atomic E-state index is 13.4. The first-order valence-electron chi connectivity index (χ1n) is 9.28. The maximum Gasteiger partial charge on any atom is 0.423 e. The van der Waals surface area contributed by atoms with Crippen LogP contribution in [0.25, 0.3) is 11.8 Å². The SMILES string of the molecule is Cc1cc(/C=C2\S/C(=N/c3nccs3)NC2=O)c(C)n1-c1ccc([N+](=O)[O-])c(C(F)(F)F)c1. The number of thioether (sulfide) groups is 1. The highest BCUT2D eigenvalue weighted by Crippen LogP contribution is 2.38. The van der Waals surface area contributed by atoms with Crippen molar-refractivity contribution in [1.82, 2.24) is 14.9 Å². The van der Waals surface area contributed by atoms with E-state index < -0.39 is 22.4 Å². The third-order valence-corrected chi connectivity index (χ3v) is 6.34. The summed E-state index contributed by atoms with van der Waals surface area (Å²) in [6.07, 6.45) is -1.66. The van der Waals surface area contributed by atoms with Gasteiger partial charge in [-0.15, -0.1) is 11.3 Å². The molecule has 0 atom stereocenters. The molecule has 1 aliphatic rings. The predicted molar refractivity (Wildman–Crippen MR) is 120 cm³/mol. The lowest BCUT2D eigenvalue weighted by atomic mass is 10.1. The van der Waals surface area contributed by atoms with E-state index in [1.807, 2.05) is 0 Å². The Morgan fingerprint density at radius 1 is 1.27 bits per heavy atom. The Morgan fingerprint density at radius 2 is 2.03 bits per heavy atom. The second kappa shape index (κ2) is 8.48.